The van der Waals surface area contributed by atoms with E-state index >= 15 is 0 Å². The van der Waals surface area contributed by atoms with E-state index in [0.717, 1.165) is 54.5 Å². The summed E-state index contributed by atoms with van der Waals surface area (Å²) >= 11 is 0. The molecule has 1 unspecified atom stereocenters. The number of carbonyl (C=O) groups is 3. The summed E-state index contributed by atoms with van der Waals surface area (Å²) in [6.45, 7) is -0.135. The Morgan fingerprint density at radius 2 is 1.59 bits per heavy atom. The molecule has 7 nitrogen and oxygen atoms in total. The van der Waals surface area contributed by atoms with E-state index in [1.54, 1.807) is 18.2 Å². The summed E-state index contributed by atoms with van der Waals surface area (Å²) < 4.78 is 59.6. The van der Waals surface area contributed by atoms with Gasteiger partial charge in [0.05, 0.1) is 5.56 Å². The van der Waals surface area contributed by atoms with E-state index in [2.05, 4.69) is 5.32 Å². The van der Waals surface area contributed by atoms with E-state index in [-0.39, 0.29) is 49.1 Å². The molecule has 0 saturated heterocycles. The summed E-state index contributed by atoms with van der Waals surface area (Å²) in [5.41, 5.74) is 2.67. The number of carbonyl (C=O) groups excluding carboxylic acids is 2. The van der Waals surface area contributed by atoms with E-state index < -0.39 is 41.5 Å². The van der Waals surface area contributed by atoms with Crippen molar-refractivity contribution in [3.63, 3.8) is 0 Å². The topological polar surface area (TPSA) is 95.9 Å². The minimum Gasteiger partial charge on any atom is -0.489 e. The quantitative estimate of drug-likeness (QED) is 0.155. The van der Waals surface area contributed by atoms with Crippen molar-refractivity contribution in [3.8, 4) is 16.9 Å². The molecule has 0 aromatic heterocycles. The third-order valence-electron chi connectivity index (χ3n) is 9.66. The van der Waals surface area contributed by atoms with E-state index in [0.29, 0.717) is 23.6 Å². The minimum atomic E-state index is -4.74. The predicted octanol–water partition coefficient (Wildman–Crippen LogP) is 7.91. The van der Waals surface area contributed by atoms with Gasteiger partial charge in [-0.1, -0.05) is 73.5 Å². The molecule has 1 aliphatic carbocycles. The average Bonchev–Trinajstić information content (AvgIpc) is 3.63. The molecule has 6 rings (SSSR count). The smallest absolute Gasteiger partial charge is 0.416 e. The molecule has 2 N–H and O–H groups in total. The number of alkyl halides is 3. The second kappa shape index (κ2) is 15.4. The van der Waals surface area contributed by atoms with Crippen LogP contribution in [0.3, 0.4) is 0 Å². The van der Waals surface area contributed by atoms with Crippen LogP contribution < -0.4 is 10.1 Å². The molecule has 4 aromatic carbocycles. The number of aliphatic carboxylic acids is 1. The van der Waals surface area contributed by atoms with Gasteiger partial charge in [-0.05, 0) is 88.9 Å². The molecule has 0 radical (unpaired) electrons. The van der Waals surface area contributed by atoms with Gasteiger partial charge in [0, 0.05) is 19.4 Å². The summed E-state index contributed by atoms with van der Waals surface area (Å²) in [5.74, 6) is -2.76. The van der Waals surface area contributed by atoms with Crippen LogP contribution in [0.4, 0.5) is 17.6 Å². The van der Waals surface area contributed by atoms with Crippen LogP contribution in [0.25, 0.3) is 11.1 Å². The Labute approximate surface area is 293 Å². The highest BCUT2D eigenvalue weighted by Gasteiger charge is 2.39. The number of benzene rings is 4. The van der Waals surface area contributed by atoms with Crippen LogP contribution in [0, 0.1) is 11.7 Å². The van der Waals surface area contributed by atoms with Gasteiger partial charge < -0.3 is 20.1 Å². The van der Waals surface area contributed by atoms with Crippen molar-refractivity contribution in [3.05, 3.63) is 125 Å². The lowest BCUT2D eigenvalue weighted by molar-refractivity contribution is -0.145. The lowest BCUT2D eigenvalue weighted by Gasteiger charge is -2.37. The predicted molar refractivity (Wildman–Crippen MR) is 182 cm³/mol. The normalized spacial score (nSPS) is 16.7. The number of carboxylic acids is 1. The molecule has 1 aliphatic heterocycles. The van der Waals surface area contributed by atoms with Gasteiger partial charge in [0.25, 0.3) is 0 Å². The Balaban J connectivity index is 1.24. The molecule has 266 valence electrons. The maximum absolute atomic E-state index is 14.2. The molecule has 11 heteroatoms. The molecule has 0 bridgehead atoms. The zero-order valence-electron chi connectivity index (χ0n) is 27.8. The molecule has 51 heavy (non-hydrogen) atoms. The summed E-state index contributed by atoms with van der Waals surface area (Å²) in [7, 11) is 0. The molecular formula is C40H38F4N2O5. The van der Waals surface area contributed by atoms with E-state index in [1.165, 1.54) is 4.90 Å². The SMILES string of the molecule is O=C(N[C@@H](Cc1ccc(-c2ccccc2)cc1)C(=O)O)C1c2cc(OCc3cc(F)cc(C(F)(F)F)c3)ccc2CCN1C(=O)CC1CCCC1. The van der Waals surface area contributed by atoms with Crippen LogP contribution in [0.5, 0.6) is 5.75 Å². The van der Waals surface area contributed by atoms with Crippen LogP contribution in [-0.2, 0) is 40.0 Å². The number of amides is 2. The Hall–Kier alpha value is -5.19. The molecule has 1 fully saturated rings. The minimum absolute atomic E-state index is 0.00242. The van der Waals surface area contributed by atoms with Crippen LogP contribution in [0.15, 0.2) is 91.0 Å². The summed E-state index contributed by atoms with van der Waals surface area (Å²) in [4.78, 5) is 41.9. The first-order valence-corrected chi connectivity index (χ1v) is 17.0. The summed E-state index contributed by atoms with van der Waals surface area (Å²) in [6, 6.07) is 21.7. The van der Waals surface area contributed by atoms with Crippen molar-refractivity contribution in [2.24, 2.45) is 5.92 Å². The molecule has 2 aliphatic rings. The Kier molecular flexibility index (Phi) is 10.7. The average molecular weight is 703 g/mol. The third-order valence-corrected chi connectivity index (χ3v) is 9.66. The summed E-state index contributed by atoms with van der Waals surface area (Å²) in [5, 5.41) is 12.9. The number of nitrogens with zero attached hydrogens (tertiary/aromatic N) is 1. The molecular weight excluding hydrogens is 664 g/mol. The monoisotopic (exact) mass is 702 g/mol. The fourth-order valence-corrected chi connectivity index (χ4v) is 7.03. The first kappa shape index (κ1) is 35.6. The second-order valence-corrected chi connectivity index (χ2v) is 13.3. The van der Waals surface area contributed by atoms with Gasteiger partial charge in [-0.2, -0.15) is 13.2 Å². The number of rotatable bonds is 11. The van der Waals surface area contributed by atoms with E-state index in [9.17, 15) is 37.1 Å². The largest absolute Gasteiger partial charge is 0.489 e. The number of carboxylic acid groups (broad SMARTS) is 1. The highest BCUT2D eigenvalue weighted by atomic mass is 19.4. The highest BCUT2D eigenvalue weighted by molar-refractivity contribution is 5.92. The van der Waals surface area contributed by atoms with Crippen molar-refractivity contribution < 1.29 is 41.8 Å². The highest BCUT2D eigenvalue weighted by Crippen LogP contribution is 2.36. The van der Waals surface area contributed by atoms with Gasteiger partial charge in [-0.25, -0.2) is 9.18 Å². The lowest BCUT2D eigenvalue weighted by atomic mass is 9.90. The van der Waals surface area contributed by atoms with Gasteiger partial charge in [0.15, 0.2) is 0 Å². The third kappa shape index (κ3) is 8.76. The number of hydrogen-bond donors (Lipinski definition) is 2. The van der Waals surface area contributed by atoms with E-state index in [1.807, 2.05) is 54.6 Å². The standard InChI is InChI=1S/C40H38F4N2O5/c41-32-19-27(18-31(22-32)40(42,43)44)24-51-33-15-14-30-16-17-46(36(47)21-25-6-4-5-7-25)37(34(30)23-33)38(48)45-35(39(49)50)20-26-10-12-29(13-11-26)28-8-2-1-3-9-28/h1-3,8-15,18-19,22-23,25,35,37H,4-7,16-17,20-21,24H2,(H,45,48)(H,49,50)/t35-,37?/m0/s1. The Morgan fingerprint density at radius 1 is 0.882 bits per heavy atom. The van der Waals surface area contributed by atoms with Gasteiger partial charge in [-0.15, -0.1) is 0 Å². The zero-order valence-corrected chi connectivity index (χ0v) is 27.8. The van der Waals surface area contributed by atoms with Crippen molar-refractivity contribution in [1.82, 2.24) is 10.2 Å². The Morgan fingerprint density at radius 3 is 2.27 bits per heavy atom. The second-order valence-electron chi connectivity index (χ2n) is 13.3. The molecule has 1 saturated carbocycles. The number of halogens is 4. The van der Waals surface area contributed by atoms with Crippen molar-refractivity contribution in [2.75, 3.05) is 6.54 Å². The molecule has 4 aromatic rings. The maximum Gasteiger partial charge on any atom is 0.416 e. The molecule has 1 heterocycles. The van der Waals surface area contributed by atoms with E-state index in [4.69, 9.17) is 4.74 Å². The lowest BCUT2D eigenvalue weighted by Crippen LogP contribution is -2.51. The van der Waals surface area contributed by atoms with Crippen LogP contribution in [-0.4, -0.2) is 40.4 Å². The number of hydrogen-bond acceptors (Lipinski definition) is 4. The first-order chi connectivity index (χ1) is 24.4. The maximum atomic E-state index is 14.2. The van der Waals surface area contributed by atoms with Crippen LogP contribution in [0.2, 0.25) is 0 Å². The van der Waals surface area contributed by atoms with Crippen molar-refractivity contribution >= 4 is 17.8 Å². The van der Waals surface area contributed by atoms with Gasteiger partial charge in [0.1, 0.15) is 30.3 Å². The fraction of sp³-hybridized carbons (Fsp3) is 0.325. The van der Waals surface area contributed by atoms with Gasteiger partial charge >= 0.3 is 12.1 Å². The van der Waals surface area contributed by atoms with Crippen molar-refractivity contribution in [2.45, 2.75) is 69.8 Å². The first-order valence-electron chi connectivity index (χ1n) is 17.0. The number of nitrogens with one attached hydrogen (secondary N) is 1. The van der Waals surface area contributed by atoms with Crippen molar-refractivity contribution in [1.29, 1.82) is 0 Å². The molecule has 2 amide bonds. The van der Waals surface area contributed by atoms with Crippen LogP contribution >= 0.6 is 0 Å². The molecule has 2 atom stereocenters. The van der Waals surface area contributed by atoms with Gasteiger partial charge in [-0.3, -0.25) is 9.59 Å². The Bertz CT molecular complexity index is 1870. The number of ether oxygens (including phenoxy) is 1. The summed E-state index contributed by atoms with van der Waals surface area (Å²) in [6.07, 6.45) is -0.116. The number of fused-ring (bicyclic) bond motifs is 1. The zero-order chi connectivity index (χ0) is 36.1. The molecule has 0 spiro atoms. The van der Waals surface area contributed by atoms with Crippen LogP contribution in [0.1, 0.15) is 66.0 Å². The fourth-order valence-electron chi connectivity index (χ4n) is 7.03. The van der Waals surface area contributed by atoms with Gasteiger partial charge in [0.2, 0.25) is 11.8 Å².